The molecule has 128 valence electrons. The standard InChI is InChI=1S/C18H21BrN2O3/c1-12(2)18(13-4-7-15(24-3)8-5-13)20-16(22)11-21-10-14(19)6-9-17(21)23/h4-10,12,18H,11H2,1-3H3,(H,20,22). The van der Waals surface area contributed by atoms with Crippen LogP contribution in [0.5, 0.6) is 5.75 Å². The highest BCUT2D eigenvalue weighted by Gasteiger charge is 2.18. The van der Waals surface area contributed by atoms with Crippen molar-refractivity contribution >= 4 is 21.8 Å². The largest absolute Gasteiger partial charge is 0.497 e. The molecule has 0 aliphatic heterocycles. The van der Waals surface area contributed by atoms with Crippen molar-refractivity contribution in [1.82, 2.24) is 9.88 Å². The topological polar surface area (TPSA) is 60.3 Å². The Morgan fingerprint density at radius 3 is 2.46 bits per heavy atom. The van der Waals surface area contributed by atoms with Gasteiger partial charge in [-0.05, 0) is 45.6 Å². The maximum absolute atomic E-state index is 12.4. The Morgan fingerprint density at radius 2 is 1.88 bits per heavy atom. The molecule has 1 heterocycles. The van der Waals surface area contributed by atoms with E-state index in [9.17, 15) is 9.59 Å². The summed E-state index contributed by atoms with van der Waals surface area (Å²) in [7, 11) is 1.62. The van der Waals surface area contributed by atoms with Crippen LogP contribution in [0.1, 0.15) is 25.5 Å². The first-order valence-corrected chi connectivity index (χ1v) is 8.49. The third-order valence-electron chi connectivity index (χ3n) is 3.72. The molecule has 1 unspecified atom stereocenters. The molecule has 0 saturated carbocycles. The molecule has 1 aromatic carbocycles. The molecule has 5 nitrogen and oxygen atoms in total. The van der Waals surface area contributed by atoms with Crippen molar-refractivity contribution in [3.8, 4) is 5.75 Å². The van der Waals surface area contributed by atoms with E-state index in [0.29, 0.717) is 0 Å². The zero-order chi connectivity index (χ0) is 17.7. The van der Waals surface area contributed by atoms with Crippen LogP contribution in [0.25, 0.3) is 0 Å². The summed E-state index contributed by atoms with van der Waals surface area (Å²) in [5, 5.41) is 3.01. The molecule has 1 aromatic heterocycles. The second-order valence-corrected chi connectivity index (χ2v) is 6.79. The summed E-state index contributed by atoms with van der Waals surface area (Å²) >= 11 is 3.31. The molecule has 0 spiro atoms. The highest BCUT2D eigenvalue weighted by Crippen LogP contribution is 2.23. The van der Waals surface area contributed by atoms with Crippen LogP contribution in [0.2, 0.25) is 0 Å². The van der Waals surface area contributed by atoms with Gasteiger partial charge in [0.2, 0.25) is 5.91 Å². The number of ether oxygens (including phenoxy) is 1. The second kappa shape index (κ2) is 8.15. The van der Waals surface area contributed by atoms with Crippen LogP contribution in [0.4, 0.5) is 0 Å². The molecule has 2 rings (SSSR count). The Kier molecular flexibility index (Phi) is 6.20. The van der Waals surface area contributed by atoms with Gasteiger partial charge >= 0.3 is 0 Å². The van der Waals surface area contributed by atoms with Crippen molar-refractivity contribution in [1.29, 1.82) is 0 Å². The number of carbonyl (C=O) groups is 1. The molecule has 2 aromatic rings. The Hall–Kier alpha value is -2.08. The summed E-state index contributed by atoms with van der Waals surface area (Å²) in [5.41, 5.74) is 0.791. The molecular formula is C18H21BrN2O3. The highest BCUT2D eigenvalue weighted by atomic mass is 79.9. The Balaban J connectivity index is 2.13. The third-order valence-corrected chi connectivity index (χ3v) is 4.19. The molecule has 0 fully saturated rings. The summed E-state index contributed by atoms with van der Waals surface area (Å²) in [6.07, 6.45) is 1.61. The average Bonchev–Trinajstić information content (AvgIpc) is 2.56. The van der Waals surface area contributed by atoms with Gasteiger partial charge in [0.15, 0.2) is 0 Å². The third kappa shape index (κ3) is 4.71. The van der Waals surface area contributed by atoms with E-state index in [4.69, 9.17) is 4.74 Å². The van der Waals surface area contributed by atoms with Crippen LogP contribution < -0.4 is 15.6 Å². The minimum Gasteiger partial charge on any atom is -0.497 e. The number of benzene rings is 1. The minimum absolute atomic E-state index is 0.0162. The average molecular weight is 393 g/mol. The zero-order valence-electron chi connectivity index (χ0n) is 14.0. The van der Waals surface area contributed by atoms with Gasteiger partial charge in [-0.15, -0.1) is 0 Å². The molecule has 0 radical (unpaired) electrons. The summed E-state index contributed by atoms with van der Waals surface area (Å²) in [6, 6.07) is 10.6. The normalized spacial score (nSPS) is 12.0. The fraction of sp³-hybridized carbons (Fsp3) is 0.333. The van der Waals surface area contributed by atoms with E-state index in [1.807, 2.05) is 38.1 Å². The van der Waals surface area contributed by atoms with E-state index < -0.39 is 0 Å². The number of nitrogens with zero attached hydrogens (tertiary/aromatic N) is 1. The SMILES string of the molecule is COc1ccc(C(NC(=O)Cn2cc(Br)ccc2=O)C(C)C)cc1. The zero-order valence-corrected chi connectivity index (χ0v) is 15.5. The quantitative estimate of drug-likeness (QED) is 0.821. The number of rotatable bonds is 6. The lowest BCUT2D eigenvalue weighted by Crippen LogP contribution is -2.36. The van der Waals surface area contributed by atoms with Crippen LogP contribution >= 0.6 is 15.9 Å². The summed E-state index contributed by atoms with van der Waals surface area (Å²) in [5.74, 6) is 0.777. The molecule has 24 heavy (non-hydrogen) atoms. The number of methoxy groups -OCH3 is 1. The molecule has 1 atom stereocenters. The Bertz CT molecular complexity index is 754. The first-order chi connectivity index (χ1) is 11.4. The lowest BCUT2D eigenvalue weighted by molar-refractivity contribution is -0.122. The molecule has 1 N–H and O–H groups in total. The number of nitrogens with one attached hydrogen (secondary N) is 1. The fourth-order valence-corrected chi connectivity index (χ4v) is 2.82. The lowest BCUT2D eigenvalue weighted by Gasteiger charge is -2.23. The summed E-state index contributed by atoms with van der Waals surface area (Å²) in [4.78, 5) is 24.2. The second-order valence-electron chi connectivity index (χ2n) is 5.88. The fourth-order valence-electron chi connectivity index (χ4n) is 2.45. The predicted octanol–water partition coefficient (Wildman–Crippen LogP) is 3.13. The van der Waals surface area contributed by atoms with E-state index in [0.717, 1.165) is 15.8 Å². The van der Waals surface area contributed by atoms with E-state index >= 15 is 0 Å². The maximum Gasteiger partial charge on any atom is 0.251 e. The van der Waals surface area contributed by atoms with E-state index in [-0.39, 0.29) is 30.0 Å². The van der Waals surface area contributed by atoms with Gasteiger partial charge in [-0.3, -0.25) is 9.59 Å². The van der Waals surface area contributed by atoms with Gasteiger partial charge in [-0.1, -0.05) is 26.0 Å². The molecule has 0 aliphatic rings. The number of carbonyl (C=O) groups excluding carboxylic acids is 1. The van der Waals surface area contributed by atoms with Gasteiger partial charge in [-0.25, -0.2) is 0 Å². The van der Waals surface area contributed by atoms with Gasteiger partial charge in [0.25, 0.3) is 5.56 Å². The van der Waals surface area contributed by atoms with Gasteiger partial charge in [0.05, 0.1) is 13.2 Å². The van der Waals surface area contributed by atoms with Crippen molar-refractivity contribution in [2.75, 3.05) is 7.11 Å². The Labute approximate surface area is 149 Å². The van der Waals surface area contributed by atoms with Crippen LogP contribution in [-0.2, 0) is 11.3 Å². The van der Waals surface area contributed by atoms with Crippen LogP contribution in [0.15, 0.2) is 51.9 Å². The van der Waals surface area contributed by atoms with Crippen molar-refractivity contribution in [2.45, 2.75) is 26.4 Å². The van der Waals surface area contributed by atoms with E-state index in [1.165, 1.54) is 10.6 Å². The predicted molar refractivity (Wildman–Crippen MR) is 97.1 cm³/mol. The van der Waals surface area contributed by atoms with Crippen molar-refractivity contribution in [3.05, 3.63) is 63.0 Å². The first-order valence-electron chi connectivity index (χ1n) is 7.70. The van der Waals surface area contributed by atoms with E-state index in [2.05, 4.69) is 21.2 Å². The van der Waals surface area contributed by atoms with Gasteiger partial charge in [0, 0.05) is 16.7 Å². The van der Waals surface area contributed by atoms with Crippen molar-refractivity contribution in [2.24, 2.45) is 5.92 Å². The highest BCUT2D eigenvalue weighted by molar-refractivity contribution is 9.10. The van der Waals surface area contributed by atoms with Crippen LogP contribution in [0, 0.1) is 5.92 Å². The molecule has 6 heteroatoms. The minimum atomic E-state index is -0.209. The molecule has 0 saturated heterocycles. The summed E-state index contributed by atoms with van der Waals surface area (Å²) < 4.78 is 7.30. The lowest BCUT2D eigenvalue weighted by atomic mass is 9.96. The van der Waals surface area contributed by atoms with Crippen molar-refractivity contribution < 1.29 is 9.53 Å². The van der Waals surface area contributed by atoms with E-state index in [1.54, 1.807) is 19.4 Å². The first kappa shape index (κ1) is 18.3. The summed E-state index contributed by atoms with van der Waals surface area (Å²) in [6.45, 7) is 4.07. The van der Waals surface area contributed by atoms with Gasteiger partial charge < -0.3 is 14.6 Å². The number of hydrogen-bond acceptors (Lipinski definition) is 3. The number of amides is 1. The van der Waals surface area contributed by atoms with Crippen molar-refractivity contribution in [3.63, 3.8) is 0 Å². The molecule has 0 aliphatic carbocycles. The number of hydrogen-bond donors (Lipinski definition) is 1. The van der Waals surface area contributed by atoms with Gasteiger partial charge in [-0.2, -0.15) is 0 Å². The molecular weight excluding hydrogens is 372 g/mol. The van der Waals surface area contributed by atoms with Crippen LogP contribution in [0.3, 0.4) is 0 Å². The number of aromatic nitrogens is 1. The Morgan fingerprint density at radius 1 is 1.21 bits per heavy atom. The monoisotopic (exact) mass is 392 g/mol. The van der Waals surface area contributed by atoms with Crippen LogP contribution in [-0.4, -0.2) is 17.6 Å². The number of halogens is 1. The van der Waals surface area contributed by atoms with Gasteiger partial charge in [0.1, 0.15) is 12.3 Å². The number of pyridine rings is 1. The molecule has 0 bridgehead atoms. The maximum atomic E-state index is 12.4. The smallest absolute Gasteiger partial charge is 0.251 e. The molecule has 1 amide bonds.